The van der Waals surface area contributed by atoms with Crippen LogP contribution in [0.2, 0.25) is 5.02 Å². The zero-order chi connectivity index (χ0) is 14.9. The van der Waals surface area contributed by atoms with Crippen molar-refractivity contribution in [3.63, 3.8) is 0 Å². The highest BCUT2D eigenvalue weighted by Gasteiger charge is 2.17. The van der Waals surface area contributed by atoms with Crippen molar-refractivity contribution in [1.82, 2.24) is 4.57 Å². The SMILES string of the molecule is COc1ccc(Cl)cc1-c1cn(C)c(=O)cc1C(=O)O. The molecule has 104 valence electrons. The fourth-order valence-corrected chi connectivity index (χ4v) is 2.08. The third-order valence-corrected chi connectivity index (χ3v) is 3.15. The second-order valence-corrected chi connectivity index (χ2v) is 4.64. The molecule has 0 saturated heterocycles. The Morgan fingerprint density at radius 1 is 1.30 bits per heavy atom. The van der Waals surface area contributed by atoms with Crippen molar-refractivity contribution in [3.8, 4) is 16.9 Å². The number of aromatic nitrogens is 1. The summed E-state index contributed by atoms with van der Waals surface area (Å²) in [5.41, 5.74) is 0.410. The minimum atomic E-state index is -1.18. The molecule has 0 amide bonds. The molecule has 0 bridgehead atoms. The normalized spacial score (nSPS) is 10.3. The monoisotopic (exact) mass is 293 g/mol. The van der Waals surface area contributed by atoms with Gasteiger partial charge in [0.1, 0.15) is 5.75 Å². The Morgan fingerprint density at radius 3 is 2.60 bits per heavy atom. The summed E-state index contributed by atoms with van der Waals surface area (Å²) in [6, 6.07) is 5.98. The molecule has 0 unspecified atom stereocenters. The van der Waals surface area contributed by atoms with Crippen molar-refractivity contribution < 1.29 is 14.6 Å². The number of nitrogens with zero attached hydrogens (tertiary/aromatic N) is 1. The van der Waals surface area contributed by atoms with Crippen LogP contribution in [0.3, 0.4) is 0 Å². The number of pyridine rings is 1. The summed E-state index contributed by atoms with van der Waals surface area (Å²) in [4.78, 5) is 22.9. The number of carboxylic acid groups (broad SMARTS) is 1. The average Bonchev–Trinajstić information content (AvgIpc) is 2.41. The zero-order valence-electron chi connectivity index (χ0n) is 10.9. The Kier molecular flexibility index (Phi) is 3.81. The lowest BCUT2D eigenvalue weighted by molar-refractivity contribution is 0.0697. The topological polar surface area (TPSA) is 68.5 Å². The fraction of sp³-hybridized carbons (Fsp3) is 0.143. The maximum Gasteiger partial charge on any atom is 0.336 e. The van der Waals surface area contributed by atoms with Crippen LogP contribution in [0.5, 0.6) is 5.75 Å². The number of carboxylic acids is 1. The van der Waals surface area contributed by atoms with Gasteiger partial charge in [-0.2, -0.15) is 0 Å². The smallest absolute Gasteiger partial charge is 0.336 e. The van der Waals surface area contributed by atoms with Gasteiger partial charge in [-0.25, -0.2) is 4.79 Å². The van der Waals surface area contributed by atoms with Gasteiger partial charge in [-0.1, -0.05) is 11.6 Å². The summed E-state index contributed by atoms with van der Waals surface area (Å²) in [6.07, 6.45) is 1.46. The largest absolute Gasteiger partial charge is 0.496 e. The quantitative estimate of drug-likeness (QED) is 0.943. The number of halogens is 1. The third-order valence-electron chi connectivity index (χ3n) is 2.91. The molecule has 0 aliphatic carbocycles. The number of benzene rings is 1. The van der Waals surface area contributed by atoms with Crippen molar-refractivity contribution in [3.05, 3.63) is 51.4 Å². The van der Waals surface area contributed by atoms with Gasteiger partial charge in [0, 0.05) is 35.5 Å². The van der Waals surface area contributed by atoms with Gasteiger partial charge in [-0.05, 0) is 18.2 Å². The van der Waals surface area contributed by atoms with Crippen LogP contribution in [0.25, 0.3) is 11.1 Å². The molecular formula is C14H12ClNO4. The first-order chi connectivity index (χ1) is 9.43. The molecule has 0 atom stereocenters. The van der Waals surface area contributed by atoms with Gasteiger partial charge >= 0.3 is 5.97 Å². The van der Waals surface area contributed by atoms with E-state index < -0.39 is 11.5 Å². The first-order valence-electron chi connectivity index (χ1n) is 5.72. The minimum Gasteiger partial charge on any atom is -0.496 e. The average molecular weight is 294 g/mol. The maximum atomic E-state index is 11.6. The van der Waals surface area contributed by atoms with E-state index in [1.807, 2.05) is 0 Å². The molecule has 0 aliphatic rings. The second-order valence-electron chi connectivity index (χ2n) is 4.20. The Hall–Kier alpha value is -2.27. The highest BCUT2D eigenvalue weighted by molar-refractivity contribution is 6.31. The lowest BCUT2D eigenvalue weighted by atomic mass is 10.0. The molecule has 0 radical (unpaired) electrons. The predicted molar refractivity (Wildman–Crippen MR) is 75.6 cm³/mol. The Labute approximate surface area is 120 Å². The molecule has 6 heteroatoms. The third kappa shape index (κ3) is 2.53. The first-order valence-corrected chi connectivity index (χ1v) is 6.09. The number of aryl methyl sites for hydroxylation is 1. The lowest BCUT2D eigenvalue weighted by Gasteiger charge is -2.12. The van der Waals surface area contributed by atoms with Crippen LogP contribution in [0.15, 0.2) is 35.3 Å². The van der Waals surface area contributed by atoms with Gasteiger partial charge in [0.25, 0.3) is 5.56 Å². The van der Waals surface area contributed by atoms with Crippen LogP contribution in [-0.2, 0) is 7.05 Å². The molecule has 1 aromatic carbocycles. The number of hydrogen-bond acceptors (Lipinski definition) is 3. The first kappa shape index (κ1) is 14.1. The van der Waals surface area contributed by atoms with Gasteiger partial charge in [0.2, 0.25) is 0 Å². The number of methoxy groups -OCH3 is 1. The summed E-state index contributed by atoms with van der Waals surface area (Å²) in [5, 5.41) is 9.70. The molecule has 1 heterocycles. The van der Waals surface area contributed by atoms with E-state index in [9.17, 15) is 14.7 Å². The van der Waals surface area contributed by atoms with Gasteiger partial charge in [0.15, 0.2) is 0 Å². The Morgan fingerprint density at radius 2 is 2.00 bits per heavy atom. The summed E-state index contributed by atoms with van der Waals surface area (Å²) in [7, 11) is 3.03. The van der Waals surface area contributed by atoms with Crippen LogP contribution in [0.4, 0.5) is 0 Å². The highest BCUT2D eigenvalue weighted by Crippen LogP contribution is 2.33. The van der Waals surface area contributed by atoms with E-state index in [1.54, 1.807) is 25.2 Å². The number of hydrogen-bond donors (Lipinski definition) is 1. The van der Waals surface area contributed by atoms with Crippen molar-refractivity contribution >= 4 is 17.6 Å². The molecule has 20 heavy (non-hydrogen) atoms. The van der Waals surface area contributed by atoms with E-state index in [0.29, 0.717) is 21.9 Å². The molecule has 0 aliphatic heterocycles. The predicted octanol–water partition coefficient (Wildman–Crippen LogP) is 2.41. The van der Waals surface area contributed by atoms with Gasteiger partial charge in [-0.3, -0.25) is 4.79 Å². The molecule has 5 nitrogen and oxygen atoms in total. The van der Waals surface area contributed by atoms with Crippen LogP contribution in [0, 0.1) is 0 Å². The minimum absolute atomic E-state index is 0.0892. The van der Waals surface area contributed by atoms with E-state index in [2.05, 4.69) is 0 Å². The number of ether oxygens (including phenoxy) is 1. The standard InChI is InChI=1S/C14H12ClNO4/c1-16-7-11(10(14(18)19)6-13(16)17)9-5-8(15)3-4-12(9)20-2/h3-7H,1-2H3,(H,18,19). The molecule has 2 rings (SSSR count). The lowest BCUT2D eigenvalue weighted by Crippen LogP contribution is -2.18. The van der Waals surface area contributed by atoms with Crippen LogP contribution in [-0.4, -0.2) is 22.8 Å². The van der Waals surface area contributed by atoms with Crippen molar-refractivity contribution in [1.29, 1.82) is 0 Å². The van der Waals surface area contributed by atoms with Crippen LogP contribution >= 0.6 is 11.6 Å². The van der Waals surface area contributed by atoms with E-state index in [4.69, 9.17) is 16.3 Å². The zero-order valence-corrected chi connectivity index (χ0v) is 11.6. The summed E-state index contributed by atoms with van der Waals surface area (Å²) in [6.45, 7) is 0. The molecule has 0 fully saturated rings. The summed E-state index contributed by atoms with van der Waals surface area (Å²) >= 11 is 5.96. The van der Waals surface area contributed by atoms with Crippen molar-refractivity contribution in [2.75, 3.05) is 7.11 Å². The number of aromatic carboxylic acids is 1. The molecule has 2 aromatic rings. The fourth-order valence-electron chi connectivity index (χ4n) is 1.91. The van der Waals surface area contributed by atoms with Crippen LogP contribution in [0.1, 0.15) is 10.4 Å². The van der Waals surface area contributed by atoms with E-state index >= 15 is 0 Å². The van der Waals surface area contributed by atoms with Gasteiger partial charge in [-0.15, -0.1) is 0 Å². The second kappa shape index (κ2) is 5.38. The maximum absolute atomic E-state index is 11.6. The molecular weight excluding hydrogens is 282 g/mol. The Bertz CT molecular complexity index is 736. The van der Waals surface area contributed by atoms with Crippen molar-refractivity contribution in [2.45, 2.75) is 0 Å². The van der Waals surface area contributed by atoms with E-state index in [-0.39, 0.29) is 5.56 Å². The van der Waals surface area contributed by atoms with Gasteiger partial charge < -0.3 is 14.4 Å². The number of carbonyl (C=O) groups is 1. The van der Waals surface area contributed by atoms with E-state index in [0.717, 1.165) is 6.07 Å². The van der Waals surface area contributed by atoms with Crippen LogP contribution < -0.4 is 10.3 Å². The molecule has 0 spiro atoms. The van der Waals surface area contributed by atoms with Gasteiger partial charge in [0.05, 0.1) is 12.7 Å². The Balaban J connectivity index is 2.81. The van der Waals surface area contributed by atoms with Crippen molar-refractivity contribution in [2.24, 2.45) is 7.05 Å². The van der Waals surface area contributed by atoms with E-state index in [1.165, 1.54) is 17.9 Å². The summed E-state index contributed by atoms with van der Waals surface area (Å²) < 4.78 is 6.53. The molecule has 1 aromatic heterocycles. The molecule has 0 saturated carbocycles. The highest BCUT2D eigenvalue weighted by atomic mass is 35.5. The number of rotatable bonds is 3. The summed E-state index contributed by atoms with van der Waals surface area (Å²) in [5.74, 6) is -0.699. The molecule has 1 N–H and O–H groups in total.